The van der Waals surface area contributed by atoms with Crippen LogP contribution in [0.2, 0.25) is 5.02 Å². The number of ether oxygens (including phenoxy) is 1. The molecular formula is C17H11ClN2O5. The van der Waals surface area contributed by atoms with Gasteiger partial charge < -0.3 is 9.30 Å². The Hall–Kier alpha value is -3.19. The molecule has 3 aromatic rings. The first-order valence-corrected chi connectivity index (χ1v) is 7.51. The number of nitro groups is 1. The number of fused-ring (bicyclic) bond motifs is 1. The molecule has 8 heteroatoms. The number of nitro benzene ring substituents is 1. The normalized spacial score (nSPS) is 10.6. The number of nitrogens with zero attached hydrogens (tertiary/aromatic N) is 2. The van der Waals surface area contributed by atoms with Gasteiger partial charge in [-0.3, -0.25) is 14.9 Å². The van der Waals surface area contributed by atoms with Crippen LogP contribution in [0.15, 0.2) is 53.3 Å². The van der Waals surface area contributed by atoms with Crippen LogP contribution in [0.5, 0.6) is 5.75 Å². The molecule has 0 aliphatic carbocycles. The maximum atomic E-state index is 12.4. The molecule has 25 heavy (non-hydrogen) atoms. The van der Waals surface area contributed by atoms with Gasteiger partial charge in [-0.25, -0.2) is 4.79 Å². The quantitative estimate of drug-likeness (QED) is 0.407. The lowest BCUT2D eigenvalue weighted by atomic mass is 10.1. The number of hydrogen-bond donors (Lipinski definition) is 0. The van der Waals surface area contributed by atoms with E-state index in [0.717, 1.165) is 6.07 Å². The Balaban J connectivity index is 2.09. The van der Waals surface area contributed by atoms with Gasteiger partial charge in [0.2, 0.25) is 0 Å². The van der Waals surface area contributed by atoms with E-state index in [1.165, 1.54) is 22.8 Å². The van der Waals surface area contributed by atoms with Gasteiger partial charge in [0.25, 0.3) is 11.2 Å². The summed E-state index contributed by atoms with van der Waals surface area (Å²) in [6.45, 7) is 0. The molecule has 0 fully saturated rings. The maximum absolute atomic E-state index is 12.4. The van der Waals surface area contributed by atoms with E-state index in [1.54, 1.807) is 31.3 Å². The molecule has 0 unspecified atom stereocenters. The van der Waals surface area contributed by atoms with Crippen LogP contribution in [0, 0.1) is 10.1 Å². The van der Waals surface area contributed by atoms with Gasteiger partial charge in [-0.05, 0) is 24.3 Å². The lowest BCUT2D eigenvalue weighted by Gasteiger charge is -2.10. The molecule has 0 saturated carbocycles. The standard InChI is InChI=1S/C17H11ClN2O5/c1-19-13-5-3-2-4-11(13)15(9-16(19)21)25-17(22)12-7-6-10(18)8-14(12)20(23)24/h2-9H,1H3. The number of pyridine rings is 1. The predicted molar refractivity (Wildman–Crippen MR) is 92.3 cm³/mol. The van der Waals surface area contributed by atoms with Gasteiger partial charge in [0.1, 0.15) is 11.3 Å². The first-order valence-electron chi connectivity index (χ1n) is 7.13. The molecule has 2 aromatic carbocycles. The minimum absolute atomic E-state index is 0.0351. The monoisotopic (exact) mass is 358 g/mol. The Kier molecular flexibility index (Phi) is 4.24. The summed E-state index contributed by atoms with van der Waals surface area (Å²) < 4.78 is 6.69. The van der Waals surface area contributed by atoms with Gasteiger partial charge in [0.15, 0.2) is 0 Å². The topological polar surface area (TPSA) is 91.4 Å². The van der Waals surface area contributed by atoms with E-state index < -0.39 is 16.6 Å². The van der Waals surface area contributed by atoms with Crippen molar-refractivity contribution in [2.45, 2.75) is 0 Å². The summed E-state index contributed by atoms with van der Waals surface area (Å²) in [5.41, 5.74) is -0.514. The van der Waals surface area contributed by atoms with Crippen LogP contribution >= 0.6 is 11.6 Å². The van der Waals surface area contributed by atoms with Crippen molar-refractivity contribution in [2.24, 2.45) is 7.05 Å². The minimum atomic E-state index is -0.943. The largest absolute Gasteiger partial charge is 0.422 e. The Labute approximate surface area is 146 Å². The van der Waals surface area contributed by atoms with Gasteiger partial charge in [-0.15, -0.1) is 0 Å². The van der Waals surface area contributed by atoms with Crippen molar-refractivity contribution >= 4 is 34.2 Å². The molecule has 0 N–H and O–H groups in total. The Morgan fingerprint density at radius 1 is 1.20 bits per heavy atom. The van der Waals surface area contributed by atoms with Gasteiger partial charge >= 0.3 is 5.97 Å². The average Bonchev–Trinajstić information content (AvgIpc) is 2.59. The van der Waals surface area contributed by atoms with Gasteiger partial charge in [0.05, 0.1) is 10.4 Å². The van der Waals surface area contributed by atoms with Crippen molar-refractivity contribution in [3.05, 3.63) is 79.6 Å². The highest BCUT2D eigenvalue weighted by atomic mass is 35.5. The zero-order valence-corrected chi connectivity index (χ0v) is 13.7. The van der Waals surface area contributed by atoms with Gasteiger partial charge in [0, 0.05) is 29.6 Å². The molecule has 0 aliphatic rings. The van der Waals surface area contributed by atoms with E-state index in [2.05, 4.69) is 0 Å². The first kappa shape index (κ1) is 16.7. The van der Waals surface area contributed by atoms with Crippen LogP contribution in [-0.2, 0) is 7.05 Å². The average molecular weight is 359 g/mol. The number of carbonyl (C=O) groups is 1. The molecule has 0 aliphatic heterocycles. The highest BCUT2D eigenvalue weighted by Crippen LogP contribution is 2.27. The van der Waals surface area contributed by atoms with Crippen molar-refractivity contribution in [3.63, 3.8) is 0 Å². The second-order valence-electron chi connectivity index (χ2n) is 5.23. The molecular weight excluding hydrogens is 348 g/mol. The third kappa shape index (κ3) is 3.09. The maximum Gasteiger partial charge on any atom is 0.350 e. The third-order valence-electron chi connectivity index (χ3n) is 3.70. The fraction of sp³-hybridized carbons (Fsp3) is 0.0588. The minimum Gasteiger partial charge on any atom is -0.422 e. The summed E-state index contributed by atoms with van der Waals surface area (Å²) in [6, 6.07) is 11.7. The van der Waals surface area contributed by atoms with Crippen LogP contribution in [0.3, 0.4) is 0 Å². The lowest BCUT2D eigenvalue weighted by molar-refractivity contribution is -0.385. The number of aryl methyl sites for hydroxylation is 1. The Morgan fingerprint density at radius 2 is 1.92 bits per heavy atom. The van der Waals surface area contributed by atoms with E-state index >= 15 is 0 Å². The smallest absolute Gasteiger partial charge is 0.350 e. The summed E-state index contributed by atoms with van der Waals surface area (Å²) in [7, 11) is 1.60. The highest BCUT2D eigenvalue weighted by Gasteiger charge is 2.23. The molecule has 3 rings (SSSR count). The van der Waals surface area contributed by atoms with E-state index in [1.807, 2.05) is 0 Å². The number of para-hydroxylation sites is 1. The Bertz CT molecular complexity index is 1070. The lowest BCUT2D eigenvalue weighted by Crippen LogP contribution is -2.18. The fourth-order valence-corrected chi connectivity index (χ4v) is 2.61. The second-order valence-corrected chi connectivity index (χ2v) is 5.67. The number of aromatic nitrogens is 1. The van der Waals surface area contributed by atoms with E-state index in [0.29, 0.717) is 10.9 Å². The van der Waals surface area contributed by atoms with Crippen molar-refractivity contribution in [1.29, 1.82) is 0 Å². The van der Waals surface area contributed by atoms with E-state index in [4.69, 9.17) is 16.3 Å². The molecule has 7 nitrogen and oxygen atoms in total. The summed E-state index contributed by atoms with van der Waals surface area (Å²) in [5, 5.41) is 11.8. The van der Waals surface area contributed by atoms with Crippen LogP contribution in [0.1, 0.15) is 10.4 Å². The van der Waals surface area contributed by atoms with Gasteiger partial charge in [-0.2, -0.15) is 0 Å². The Morgan fingerprint density at radius 3 is 2.64 bits per heavy atom. The summed E-state index contributed by atoms with van der Waals surface area (Å²) in [4.78, 5) is 34.9. The highest BCUT2D eigenvalue weighted by molar-refractivity contribution is 6.31. The molecule has 0 bridgehead atoms. The van der Waals surface area contributed by atoms with E-state index in [-0.39, 0.29) is 21.9 Å². The fourth-order valence-electron chi connectivity index (χ4n) is 2.45. The molecule has 0 spiro atoms. The molecule has 0 atom stereocenters. The summed E-state index contributed by atoms with van der Waals surface area (Å²) in [6.07, 6.45) is 0. The predicted octanol–water partition coefficient (Wildman–Crippen LogP) is 3.32. The molecule has 0 saturated heterocycles. The summed E-state index contributed by atoms with van der Waals surface area (Å²) >= 11 is 5.74. The number of benzene rings is 2. The summed E-state index contributed by atoms with van der Waals surface area (Å²) in [5.74, 6) is -0.908. The molecule has 1 heterocycles. The molecule has 1 aromatic heterocycles. The van der Waals surface area contributed by atoms with Crippen LogP contribution in [-0.4, -0.2) is 15.5 Å². The van der Waals surface area contributed by atoms with Crippen molar-refractivity contribution in [2.75, 3.05) is 0 Å². The number of carbonyl (C=O) groups excluding carboxylic acids is 1. The van der Waals surface area contributed by atoms with Gasteiger partial charge in [-0.1, -0.05) is 23.7 Å². The third-order valence-corrected chi connectivity index (χ3v) is 3.93. The zero-order valence-electron chi connectivity index (χ0n) is 12.9. The molecule has 126 valence electrons. The SMILES string of the molecule is Cn1c(=O)cc(OC(=O)c2ccc(Cl)cc2[N+](=O)[O-])c2ccccc21. The molecule has 0 amide bonds. The number of esters is 1. The van der Waals surface area contributed by atoms with Crippen molar-refractivity contribution < 1.29 is 14.5 Å². The number of halogens is 1. The van der Waals surface area contributed by atoms with Crippen LogP contribution in [0.25, 0.3) is 10.9 Å². The van der Waals surface area contributed by atoms with Crippen LogP contribution in [0.4, 0.5) is 5.69 Å². The van der Waals surface area contributed by atoms with Crippen molar-refractivity contribution in [3.8, 4) is 5.75 Å². The van der Waals surface area contributed by atoms with Crippen molar-refractivity contribution in [1.82, 2.24) is 4.57 Å². The number of hydrogen-bond acceptors (Lipinski definition) is 5. The first-order chi connectivity index (χ1) is 11.9. The zero-order chi connectivity index (χ0) is 18.1. The second kappa shape index (κ2) is 6.37. The number of rotatable bonds is 3. The molecule has 0 radical (unpaired) electrons. The van der Waals surface area contributed by atoms with Crippen LogP contribution < -0.4 is 10.3 Å². The van der Waals surface area contributed by atoms with E-state index in [9.17, 15) is 19.7 Å².